The third-order valence-electron chi connectivity index (χ3n) is 2.87. The molecule has 0 spiro atoms. The number of ether oxygens (including phenoxy) is 1. The van der Waals surface area contributed by atoms with Crippen LogP contribution < -0.4 is 4.74 Å². The van der Waals surface area contributed by atoms with Crippen LogP contribution in [0.1, 0.15) is 18.5 Å². The van der Waals surface area contributed by atoms with E-state index >= 15 is 0 Å². The fourth-order valence-corrected chi connectivity index (χ4v) is 1.96. The molecule has 1 unspecified atom stereocenters. The highest BCUT2D eigenvalue weighted by molar-refractivity contribution is 5.88. The van der Waals surface area contributed by atoms with Gasteiger partial charge in [0.25, 0.3) is 0 Å². The van der Waals surface area contributed by atoms with Crippen LogP contribution >= 0.6 is 0 Å². The molecule has 1 N–H and O–H groups in total. The number of aromatic nitrogens is 2. The molecule has 1 aromatic heterocycles. The van der Waals surface area contributed by atoms with Gasteiger partial charge in [-0.25, -0.2) is 0 Å². The molecule has 0 saturated heterocycles. The fourth-order valence-electron chi connectivity index (χ4n) is 1.96. The summed E-state index contributed by atoms with van der Waals surface area (Å²) in [6, 6.07) is 5.45. The van der Waals surface area contributed by atoms with E-state index < -0.39 is 11.9 Å². The molecule has 0 aliphatic heterocycles. The van der Waals surface area contributed by atoms with Crippen LogP contribution in [-0.4, -0.2) is 28.0 Å². The lowest BCUT2D eigenvalue weighted by Gasteiger charge is -2.07. The average molecular weight is 234 g/mol. The molecule has 1 atom stereocenters. The van der Waals surface area contributed by atoms with Crippen LogP contribution in [0.25, 0.3) is 10.9 Å². The number of carboxylic acids is 1. The van der Waals surface area contributed by atoms with Gasteiger partial charge in [-0.2, -0.15) is 5.10 Å². The molecule has 0 amide bonds. The molecule has 0 aliphatic rings. The van der Waals surface area contributed by atoms with Crippen molar-refractivity contribution < 1.29 is 14.6 Å². The number of hydrogen-bond donors (Lipinski definition) is 1. The van der Waals surface area contributed by atoms with Crippen molar-refractivity contribution in [3.8, 4) is 5.75 Å². The number of hydrogen-bond acceptors (Lipinski definition) is 3. The van der Waals surface area contributed by atoms with Crippen molar-refractivity contribution in [1.82, 2.24) is 9.78 Å². The SMILES string of the molecule is COc1ccc2c(C(C)C(=O)O)n(C)nc2c1. The normalized spacial score (nSPS) is 12.6. The van der Waals surface area contributed by atoms with E-state index in [2.05, 4.69) is 5.10 Å². The van der Waals surface area contributed by atoms with Gasteiger partial charge in [-0.15, -0.1) is 0 Å². The maximum absolute atomic E-state index is 11.1. The van der Waals surface area contributed by atoms with Gasteiger partial charge in [-0.05, 0) is 19.1 Å². The Labute approximate surface area is 98.6 Å². The lowest BCUT2D eigenvalue weighted by atomic mass is 10.0. The molecular formula is C12H14N2O3. The molecule has 90 valence electrons. The van der Waals surface area contributed by atoms with Gasteiger partial charge in [0.15, 0.2) is 0 Å². The number of nitrogens with zero attached hydrogens (tertiary/aromatic N) is 2. The van der Waals surface area contributed by atoms with Crippen molar-refractivity contribution in [2.24, 2.45) is 7.05 Å². The lowest BCUT2D eigenvalue weighted by molar-refractivity contribution is -0.138. The molecule has 0 saturated carbocycles. The standard InChI is InChI=1S/C12H14N2O3/c1-7(12(15)16)11-9-5-4-8(17-3)6-10(9)13-14(11)2/h4-7H,1-3H3,(H,15,16). The van der Waals surface area contributed by atoms with Crippen LogP contribution in [0.2, 0.25) is 0 Å². The highest BCUT2D eigenvalue weighted by Crippen LogP contribution is 2.27. The van der Waals surface area contributed by atoms with Crippen LogP contribution in [0.5, 0.6) is 5.75 Å². The topological polar surface area (TPSA) is 64.3 Å². The first-order valence-electron chi connectivity index (χ1n) is 5.28. The number of aryl methyl sites for hydroxylation is 1. The minimum Gasteiger partial charge on any atom is -0.497 e. The third-order valence-corrected chi connectivity index (χ3v) is 2.87. The molecule has 17 heavy (non-hydrogen) atoms. The maximum atomic E-state index is 11.1. The third kappa shape index (κ3) is 1.84. The summed E-state index contributed by atoms with van der Waals surface area (Å²) in [5.41, 5.74) is 1.45. The van der Waals surface area contributed by atoms with Crippen molar-refractivity contribution in [3.63, 3.8) is 0 Å². The van der Waals surface area contributed by atoms with Crippen molar-refractivity contribution >= 4 is 16.9 Å². The Morgan fingerprint density at radius 2 is 2.24 bits per heavy atom. The van der Waals surface area contributed by atoms with Gasteiger partial charge in [-0.3, -0.25) is 9.48 Å². The highest BCUT2D eigenvalue weighted by atomic mass is 16.5. The average Bonchev–Trinajstić information content (AvgIpc) is 2.62. The van der Waals surface area contributed by atoms with Gasteiger partial charge in [-0.1, -0.05) is 0 Å². The Kier molecular flexibility index (Phi) is 2.75. The Bertz CT molecular complexity index is 574. The molecule has 2 rings (SSSR count). The van der Waals surface area contributed by atoms with E-state index in [9.17, 15) is 4.79 Å². The summed E-state index contributed by atoms with van der Waals surface area (Å²) >= 11 is 0. The molecule has 0 aliphatic carbocycles. The zero-order valence-electron chi connectivity index (χ0n) is 9.97. The van der Waals surface area contributed by atoms with E-state index in [0.29, 0.717) is 11.4 Å². The Morgan fingerprint density at radius 3 is 2.82 bits per heavy atom. The van der Waals surface area contributed by atoms with Gasteiger partial charge < -0.3 is 9.84 Å². The monoisotopic (exact) mass is 234 g/mol. The number of methoxy groups -OCH3 is 1. The van der Waals surface area contributed by atoms with Crippen LogP contribution in [0, 0.1) is 0 Å². The maximum Gasteiger partial charge on any atom is 0.312 e. The minimum absolute atomic E-state index is 0.585. The fraction of sp³-hybridized carbons (Fsp3) is 0.333. The van der Waals surface area contributed by atoms with Gasteiger partial charge in [0, 0.05) is 18.5 Å². The molecule has 0 radical (unpaired) electrons. The molecule has 0 fully saturated rings. The molecule has 5 heteroatoms. The molecular weight excluding hydrogens is 220 g/mol. The van der Waals surface area contributed by atoms with Crippen LogP contribution in [0.4, 0.5) is 0 Å². The minimum atomic E-state index is -0.856. The second-order valence-electron chi connectivity index (χ2n) is 3.95. The summed E-state index contributed by atoms with van der Waals surface area (Å²) in [5.74, 6) is -0.728. The van der Waals surface area contributed by atoms with E-state index in [-0.39, 0.29) is 0 Å². The number of rotatable bonds is 3. The summed E-state index contributed by atoms with van der Waals surface area (Å²) in [6.07, 6.45) is 0. The zero-order chi connectivity index (χ0) is 12.6. The van der Waals surface area contributed by atoms with Gasteiger partial charge in [0.1, 0.15) is 5.75 Å². The predicted molar refractivity (Wildman–Crippen MR) is 63.3 cm³/mol. The Hall–Kier alpha value is -2.04. The molecule has 1 heterocycles. The Balaban J connectivity index is 2.64. The first-order chi connectivity index (χ1) is 8.04. The van der Waals surface area contributed by atoms with Crippen LogP contribution in [-0.2, 0) is 11.8 Å². The molecule has 2 aromatic rings. The van der Waals surface area contributed by atoms with E-state index in [1.54, 1.807) is 31.8 Å². The van der Waals surface area contributed by atoms with Gasteiger partial charge in [0.2, 0.25) is 0 Å². The Morgan fingerprint density at radius 1 is 1.53 bits per heavy atom. The van der Waals surface area contributed by atoms with E-state index in [1.165, 1.54) is 0 Å². The zero-order valence-corrected chi connectivity index (χ0v) is 9.97. The molecule has 5 nitrogen and oxygen atoms in total. The smallest absolute Gasteiger partial charge is 0.312 e. The first kappa shape index (κ1) is 11.4. The van der Waals surface area contributed by atoms with Crippen molar-refractivity contribution in [3.05, 3.63) is 23.9 Å². The predicted octanol–water partition coefficient (Wildman–Crippen LogP) is 1.77. The van der Waals surface area contributed by atoms with Crippen LogP contribution in [0.3, 0.4) is 0 Å². The summed E-state index contributed by atoms with van der Waals surface area (Å²) < 4.78 is 6.73. The van der Waals surface area contributed by atoms with E-state index in [0.717, 1.165) is 10.9 Å². The van der Waals surface area contributed by atoms with Gasteiger partial charge >= 0.3 is 5.97 Å². The molecule has 1 aromatic carbocycles. The summed E-state index contributed by atoms with van der Waals surface area (Å²) in [4.78, 5) is 11.1. The number of fused-ring (bicyclic) bond motifs is 1. The second-order valence-corrected chi connectivity index (χ2v) is 3.95. The van der Waals surface area contributed by atoms with Gasteiger partial charge in [0.05, 0.1) is 24.2 Å². The van der Waals surface area contributed by atoms with Crippen LogP contribution in [0.15, 0.2) is 18.2 Å². The summed E-state index contributed by atoms with van der Waals surface area (Å²) in [7, 11) is 3.34. The quantitative estimate of drug-likeness (QED) is 0.879. The number of carboxylic acid groups (broad SMARTS) is 1. The van der Waals surface area contributed by atoms with Crippen molar-refractivity contribution in [2.45, 2.75) is 12.8 Å². The van der Waals surface area contributed by atoms with Crippen molar-refractivity contribution in [1.29, 1.82) is 0 Å². The molecule has 0 bridgehead atoms. The first-order valence-corrected chi connectivity index (χ1v) is 5.28. The highest BCUT2D eigenvalue weighted by Gasteiger charge is 2.21. The van der Waals surface area contributed by atoms with E-state index in [4.69, 9.17) is 9.84 Å². The summed E-state index contributed by atoms with van der Waals surface area (Å²) in [5, 5.41) is 14.2. The number of carbonyl (C=O) groups is 1. The second kappa shape index (κ2) is 4.08. The number of benzene rings is 1. The lowest BCUT2D eigenvalue weighted by Crippen LogP contribution is -2.12. The van der Waals surface area contributed by atoms with Crippen molar-refractivity contribution in [2.75, 3.05) is 7.11 Å². The van der Waals surface area contributed by atoms with E-state index in [1.807, 2.05) is 12.1 Å². The largest absolute Gasteiger partial charge is 0.497 e. The summed E-state index contributed by atoms with van der Waals surface area (Å²) in [6.45, 7) is 1.66. The number of aliphatic carboxylic acids is 1.